The van der Waals surface area contributed by atoms with Gasteiger partial charge in [0.25, 0.3) is 0 Å². The lowest BCUT2D eigenvalue weighted by molar-refractivity contribution is -0.123. The van der Waals surface area contributed by atoms with Crippen molar-refractivity contribution >= 4 is 35.1 Å². The monoisotopic (exact) mass is 382 g/mol. The second-order valence-electron chi connectivity index (χ2n) is 6.93. The van der Waals surface area contributed by atoms with Crippen molar-refractivity contribution in [3.63, 3.8) is 0 Å². The Bertz CT molecular complexity index is 926. The van der Waals surface area contributed by atoms with Gasteiger partial charge in [0.15, 0.2) is 0 Å². The van der Waals surface area contributed by atoms with E-state index in [0.717, 1.165) is 5.56 Å². The van der Waals surface area contributed by atoms with E-state index in [1.165, 1.54) is 0 Å². The lowest BCUT2D eigenvalue weighted by Crippen LogP contribution is -2.38. The number of fused-ring (bicyclic) bond motifs is 1. The number of aryl methyl sites for hydroxylation is 1. The van der Waals surface area contributed by atoms with E-state index in [0.29, 0.717) is 49.3 Å². The van der Waals surface area contributed by atoms with Crippen molar-refractivity contribution in [1.82, 2.24) is 9.97 Å². The zero-order valence-electron chi connectivity index (χ0n) is 15.6. The molecule has 0 aliphatic carbocycles. The minimum atomic E-state index is -0.747. The second kappa shape index (κ2) is 7.43. The molecule has 0 unspecified atom stereocenters. The number of hydrogen-bond acceptors (Lipinski definition) is 7. The Morgan fingerprint density at radius 3 is 2.86 bits per heavy atom. The number of aromatic nitrogens is 2. The highest BCUT2D eigenvalue weighted by Gasteiger charge is 2.35. The van der Waals surface area contributed by atoms with Crippen LogP contribution in [0.3, 0.4) is 0 Å². The number of ether oxygens (including phenoxy) is 1. The van der Waals surface area contributed by atoms with Crippen LogP contribution in [0.2, 0.25) is 0 Å². The summed E-state index contributed by atoms with van der Waals surface area (Å²) in [5, 5.41) is 5.59. The molecule has 2 aliphatic heterocycles. The Hall–Kier alpha value is -3.20. The molecule has 1 atom stereocenters. The third kappa shape index (κ3) is 3.61. The van der Waals surface area contributed by atoms with Gasteiger partial charge in [-0.1, -0.05) is 12.1 Å². The summed E-state index contributed by atoms with van der Waals surface area (Å²) in [6, 6.07) is 7.47. The van der Waals surface area contributed by atoms with E-state index >= 15 is 0 Å². The highest BCUT2D eigenvalue weighted by Crippen LogP contribution is 2.36. The van der Waals surface area contributed by atoms with Gasteiger partial charge in [0.2, 0.25) is 17.8 Å². The van der Waals surface area contributed by atoms with E-state index in [2.05, 4.69) is 20.6 Å². The highest BCUT2D eigenvalue weighted by molar-refractivity contribution is 6.05. The van der Waals surface area contributed by atoms with Crippen molar-refractivity contribution in [2.24, 2.45) is 0 Å². The average Bonchev–Trinajstić information content (AvgIpc) is 2.67. The Balaban J connectivity index is 1.64. The van der Waals surface area contributed by atoms with Crippen LogP contribution >= 0.6 is 0 Å². The molecule has 0 bridgehead atoms. The zero-order valence-corrected chi connectivity index (χ0v) is 15.6. The fraction of sp³-hybridized carbons (Fsp3) is 0.368. The Morgan fingerprint density at radius 1 is 1.32 bits per heavy atom. The number of hydrogen-bond donors (Lipinski definition) is 3. The number of carbonyl (C=O) groups is 2. The maximum atomic E-state index is 12.9. The third-order valence-electron chi connectivity index (χ3n) is 4.86. The maximum Gasteiger partial charge on any atom is 0.232 e. The largest absolute Gasteiger partial charge is 0.383 e. The molecule has 1 fully saturated rings. The molecule has 2 aliphatic rings. The maximum absolute atomic E-state index is 12.9. The first-order valence-corrected chi connectivity index (χ1v) is 9.19. The summed E-state index contributed by atoms with van der Waals surface area (Å²) >= 11 is 0. The van der Waals surface area contributed by atoms with Crippen molar-refractivity contribution in [2.45, 2.75) is 19.3 Å². The lowest BCUT2D eigenvalue weighted by atomic mass is 9.91. The lowest BCUT2D eigenvalue weighted by Gasteiger charge is -2.30. The number of nitrogens with zero attached hydrogens (tertiary/aromatic N) is 3. The molecule has 3 heterocycles. The van der Waals surface area contributed by atoms with Crippen LogP contribution in [0, 0.1) is 6.92 Å². The van der Waals surface area contributed by atoms with Crippen molar-refractivity contribution in [3.8, 4) is 0 Å². The summed E-state index contributed by atoms with van der Waals surface area (Å²) in [6.07, 6.45) is -0.00485. The fourth-order valence-corrected chi connectivity index (χ4v) is 3.46. The average molecular weight is 382 g/mol. The van der Waals surface area contributed by atoms with Crippen LogP contribution in [0.15, 0.2) is 24.3 Å². The van der Waals surface area contributed by atoms with Crippen molar-refractivity contribution in [2.75, 3.05) is 47.6 Å². The summed E-state index contributed by atoms with van der Waals surface area (Å²) < 4.78 is 5.34. The standard InChI is InChI=1S/C19H22N6O3/c1-11-3-2-4-12(9-11)21-18(27)13-10-14(26)22-17-15(13)16(20)23-19(24-17)25-5-7-28-8-6-25/h2-4,9,13H,5-8,10H2,1H3,(H,21,27)(H3,20,22,23,24,26)/t13-/m1/s1. The molecule has 1 aromatic carbocycles. The molecule has 28 heavy (non-hydrogen) atoms. The van der Waals surface area contributed by atoms with Gasteiger partial charge in [-0.2, -0.15) is 9.97 Å². The van der Waals surface area contributed by atoms with Gasteiger partial charge in [0.05, 0.1) is 24.7 Å². The second-order valence-corrected chi connectivity index (χ2v) is 6.93. The zero-order chi connectivity index (χ0) is 19.7. The van der Waals surface area contributed by atoms with E-state index in [4.69, 9.17) is 10.5 Å². The number of carbonyl (C=O) groups excluding carboxylic acids is 2. The van der Waals surface area contributed by atoms with E-state index in [9.17, 15) is 9.59 Å². The van der Waals surface area contributed by atoms with E-state index < -0.39 is 5.92 Å². The van der Waals surface area contributed by atoms with Gasteiger partial charge in [0.1, 0.15) is 11.6 Å². The van der Waals surface area contributed by atoms with Gasteiger partial charge in [-0.25, -0.2) is 0 Å². The van der Waals surface area contributed by atoms with E-state index in [1.54, 1.807) is 6.07 Å². The van der Waals surface area contributed by atoms with Gasteiger partial charge >= 0.3 is 0 Å². The molecule has 2 aromatic rings. The topological polar surface area (TPSA) is 122 Å². The number of nitrogens with two attached hydrogens (primary N) is 1. The highest BCUT2D eigenvalue weighted by atomic mass is 16.5. The number of nitrogens with one attached hydrogen (secondary N) is 2. The molecule has 0 spiro atoms. The number of amides is 2. The van der Waals surface area contributed by atoms with Gasteiger partial charge in [0, 0.05) is 25.2 Å². The Labute approximate surface area is 162 Å². The first-order chi connectivity index (χ1) is 13.5. The summed E-state index contributed by atoms with van der Waals surface area (Å²) in [5.74, 6) is -0.396. The minimum absolute atomic E-state index is 0.00485. The van der Waals surface area contributed by atoms with E-state index in [1.807, 2.05) is 30.0 Å². The first-order valence-electron chi connectivity index (χ1n) is 9.19. The quantitative estimate of drug-likeness (QED) is 0.730. The normalized spacial score (nSPS) is 19.0. The van der Waals surface area contributed by atoms with Gasteiger partial charge < -0.3 is 26.0 Å². The molecule has 0 radical (unpaired) electrons. The summed E-state index contributed by atoms with van der Waals surface area (Å²) in [7, 11) is 0. The summed E-state index contributed by atoms with van der Waals surface area (Å²) in [4.78, 5) is 35.9. The molecular formula is C19H22N6O3. The van der Waals surface area contributed by atoms with Crippen molar-refractivity contribution < 1.29 is 14.3 Å². The summed E-state index contributed by atoms with van der Waals surface area (Å²) in [6.45, 7) is 4.38. The summed E-state index contributed by atoms with van der Waals surface area (Å²) in [5.41, 5.74) is 8.35. The number of rotatable bonds is 3. The molecule has 4 rings (SSSR count). The molecule has 9 nitrogen and oxygen atoms in total. The van der Waals surface area contributed by atoms with Crippen molar-refractivity contribution in [3.05, 3.63) is 35.4 Å². The van der Waals surface area contributed by atoms with Gasteiger partial charge in [-0.3, -0.25) is 9.59 Å². The minimum Gasteiger partial charge on any atom is -0.383 e. The van der Waals surface area contributed by atoms with Crippen LogP contribution in [0.5, 0.6) is 0 Å². The number of anilines is 4. The number of morpholine rings is 1. The Kier molecular flexibility index (Phi) is 4.82. The van der Waals surface area contributed by atoms with Crippen LogP contribution in [-0.4, -0.2) is 48.1 Å². The van der Waals surface area contributed by atoms with Gasteiger partial charge in [-0.05, 0) is 24.6 Å². The van der Waals surface area contributed by atoms with Crippen LogP contribution in [0.25, 0.3) is 0 Å². The third-order valence-corrected chi connectivity index (χ3v) is 4.86. The number of nitrogen functional groups attached to an aromatic ring is 1. The number of benzene rings is 1. The van der Waals surface area contributed by atoms with E-state index in [-0.39, 0.29) is 24.1 Å². The van der Waals surface area contributed by atoms with Crippen LogP contribution < -0.4 is 21.3 Å². The molecule has 0 saturated carbocycles. The van der Waals surface area contributed by atoms with Crippen LogP contribution in [0.1, 0.15) is 23.5 Å². The molecule has 146 valence electrons. The molecule has 2 amide bonds. The molecular weight excluding hydrogens is 360 g/mol. The van der Waals surface area contributed by atoms with Crippen LogP contribution in [-0.2, 0) is 14.3 Å². The SMILES string of the molecule is Cc1cccc(NC(=O)[C@@H]2CC(=O)Nc3nc(N4CCOCC4)nc(N)c32)c1. The fourth-order valence-electron chi connectivity index (χ4n) is 3.46. The predicted octanol–water partition coefficient (Wildman–Crippen LogP) is 1.27. The molecule has 9 heteroatoms. The molecule has 1 saturated heterocycles. The smallest absolute Gasteiger partial charge is 0.232 e. The van der Waals surface area contributed by atoms with Crippen LogP contribution in [0.4, 0.5) is 23.3 Å². The predicted molar refractivity (Wildman–Crippen MR) is 105 cm³/mol. The Morgan fingerprint density at radius 2 is 2.11 bits per heavy atom. The van der Waals surface area contributed by atoms with Gasteiger partial charge in [-0.15, -0.1) is 0 Å². The van der Waals surface area contributed by atoms with Crippen molar-refractivity contribution in [1.29, 1.82) is 0 Å². The molecule has 1 aromatic heterocycles. The first kappa shape index (κ1) is 18.2. The molecule has 4 N–H and O–H groups in total.